The number of nitrogens with two attached hydrogens (primary N) is 1. The first-order valence-corrected chi connectivity index (χ1v) is 10.3. The molecule has 1 amide bonds. The van der Waals surface area contributed by atoms with Crippen molar-refractivity contribution in [3.63, 3.8) is 0 Å². The summed E-state index contributed by atoms with van der Waals surface area (Å²) < 4.78 is 6.32. The summed E-state index contributed by atoms with van der Waals surface area (Å²) >= 11 is 1.49. The first-order chi connectivity index (χ1) is 14.5. The van der Waals surface area contributed by atoms with E-state index in [1.165, 1.54) is 24.4 Å². The van der Waals surface area contributed by atoms with Crippen molar-refractivity contribution in [2.45, 2.75) is 24.5 Å². The lowest BCUT2D eigenvalue weighted by Gasteiger charge is -2.16. The van der Waals surface area contributed by atoms with Crippen molar-refractivity contribution in [2.24, 2.45) is 0 Å². The maximum absolute atomic E-state index is 12.8. The van der Waals surface area contributed by atoms with Crippen LogP contribution in [0, 0.1) is 0 Å². The zero-order chi connectivity index (χ0) is 21.5. The molecule has 3 N–H and O–H groups in total. The number of carbonyl (C=O) groups excluding carboxylic acids is 2. The Morgan fingerprint density at radius 3 is 2.67 bits per heavy atom. The number of anilines is 2. The number of carbonyl (C=O) groups is 2. The average molecular weight is 426 g/mol. The van der Waals surface area contributed by atoms with E-state index in [9.17, 15) is 9.59 Å². The lowest BCUT2D eigenvalue weighted by Crippen LogP contribution is -2.25. The molecule has 2 aromatic carbocycles. The van der Waals surface area contributed by atoms with Gasteiger partial charge < -0.3 is 15.8 Å². The van der Waals surface area contributed by atoms with E-state index in [0.29, 0.717) is 16.4 Å². The van der Waals surface area contributed by atoms with E-state index in [1.807, 2.05) is 18.2 Å². The fourth-order valence-corrected chi connectivity index (χ4v) is 3.87. The number of nitrogens with one attached hydrogen (secondary N) is 1. The monoisotopic (exact) mass is 425 g/mol. The molecule has 3 aromatic rings. The molecule has 0 spiro atoms. The Hall–Kier alpha value is -3.33. The van der Waals surface area contributed by atoms with Crippen molar-refractivity contribution in [2.75, 3.05) is 23.9 Å². The number of rotatable bonds is 8. The highest BCUT2D eigenvalue weighted by atomic mass is 32.2. The van der Waals surface area contributed by atoms with Gasteiger partial charge in [0.2, 0.25) is 11.9 Å². The molecule has 0 saturated carbocycles. The Morgan fingerprint density at radius 2 is 1.93 bits per heavy atom. The van der Waals surface area contributed by atoms with Gasteiger partial charge in [0, 0.05) is 11.4 Å². The molecule has 3 rings (SSSR count). The van der Waals surface area contributed by atoms with Crippen LogP contribution in [0.15, 0.2) is 59.8 Å². The number of amides is 1. The number of hydrogen-bond acceptors (Lipinski definition) is 7. The van der Waals surface area contributed by atoms with Gasteiger partial charge in [-0.15, -0.1) is 10.2 Å². The van der Waals surface area contributed by atoms with Crippen LogP contribution in [-0.2, 0) is 16.0 Å². The molecular weight excluding hydrogens is 402 g/mol. The predicted molar refractivity (Wildman–Crippen MR) is 116 cm³/mol. The van der Waals surface area contributed by atoms with Gasteiger partial charge in [0.05, 0.1) is 12.7 Å². The summed E-state index contributed by atoms with van der Waals surface area (Å²) in [7, 11) is 1.31. The fraction of sp³-hybridized carbons (Fsp3) is 0.238. The highest BCUT2D eigenvalue weighted by Crippen LogP contribution is 2.25. The number of ether oxygens (including phenoxy) is 1. The highest BCUT2D eigenvalue weighted by Gasteiger charge is 2.22. The smallest absolute Gasteiger partial charge is 0.337 e. The molecular formula is C21H23N5O3S. The molecule has 9 heteroatoms. The topological polar surface area (TPSA) is 112 Å². The van der Waals surface area contributed by atoms with E-state index in [4.69, 9.17) is 10.5 Å². The van der Waals surface area contributed by atoms with E-state index in [0.717, 1.165) is 12.2 Å². The van der Waals surface area contributed by atoms with Crippen molar-refractivity contribution >= 4 is 35.3 Å². The Morgan fingerprint density at radius 1 is 1.17 bits per heavy atom. The minimum Gasteiger partial charge on any atom is -0.465 e. The molecule has 156 valence electrons. The third-order valence-corrected chi connectivity index (χ3v) is 5.42. The molecule has 0 saturated heterocycles. The van der Waals surface area contributed by atoms with Gasteiger partial charge in [0.25, 0.3) is 0 Å². The molecule has 1 heterocycles. The van der Waals surface area contributed by atoms with Crippen molar-refractivity contribution in [3.05, 3.63) is 65.7 Å². The molecule has 0 aliphatic heterocycles. The number of aryl methyl sites for hydroxylation is 1. The second-order valence-electron chi connectivity index (χ2n) is 6.53. The number of aromatic nitrogens is 3. The SMILES string of the molecule is COC(=O)c1cccc(NC(=O)C(C)n2c(N)nnc2SCCc2ccccc2)c1. The quantitative estimate of drug-likeness (QED) is 0.421. The van der Waals surface area contributed by atoms with Crippen molar-refractivity contribution in [1.29, 1.82) is 0 Å². The zero-order valence-corrected chi connectivity index (χ0v) is 17.6. The predicted octanol–water partition coefficient (Wildman–Crippen LogP) is 3.18. The molecule has 30 heavy (non-hydrogen) atoms. The Kier molecular flexibility index (Phi) is 7.08. The molecule has 8 nitrogen and oxygen atoms in total. The van der Waals surface area contributed by atoms with E-state index < -0.39 is 12.0 Å². The van der Waals surface area contributed by atoms with Gasteiger partial charge >= 0.3 is 5.97 Å². The summed E-state index contributed by atoms with van der Waals surface area (Å²) in [6, 6.07) is 16.0. The number of thioether (sulfide) groups is 1. The molecule has 0 fully saturated rings. The molecule has 1 aromatic heterocycles. The van der Waals surface area contributed by atoms with Gasteiger partial charge in [-0.2, -0.15) is 0 Å². The summed E-state index contributed by atoms with van der Waals surface area (Å²) in [6.07, 6.45) is 0.860. The molecule has 0 radical (unpaired) electrons. The van der Waals surface area contributed by atoms with Gasteiger partial charge in [-0.1, -0.05) is 48.2 Å². The number of methoxy groups -OCH3 is 1. The molecule has 1 unspecified atom stereocenters. The molecule has 0 aliphatic carbocycles. The van der Waals surface area contributed by atoms with Gasteiger partial charge in [-0.25, -0.2) is 4.79 Å². The van der Waals surface area contributed by atoms with E-state index in [2.05, 4.69) is 27.6 Å². The minimum atomic E-state index is -0.638. The van der Waals surface area contributed by atoms with Crippen LogP contribution in [0.4, 0.5) is 11.6 Å². The van der Waals surface area contributed by atoms with E-state index in [-0.39, 0.29) is 11.9 Å². The van der Waals surface area contributed by atoms with Crippen LogP contribution in [0.3, 0.4) is 0 Å². The van der Waals surface area contributed by atoms with E-state index >= 15 is 0 Å². The van der Waals surface area contributed by atoms with Crippen molar-refractivity contribution < 1.29 is 14.3 Å². The first kappa shape index (κ1) is 21.4. The fourth-order valence-electron chi connectivity index (χ4n) is 2.86. The van der Waals surface area contributed by atoms with Gasteiger partial charge in [0.15, 0.2) is 5.16 Å². The number of nitrogen functional groups attached to an aromatic ring is 1. The summed E-state index contributed by atoms with van der Waals surface area (Å²) in [5.41, 5.74) is 8.03. The highest BCUT2D eigenvalue weighted by molar-refractivity contribution is 7.99. The largest absolute Gasteiger partial charge is 0.465 e. The molecule has 0 aliphatic rings. The van der Waals surface area contributed by atoms with Gasteiger partial charge in [-0.05, 0) is 37.1 Å². The average Bonchev–Trinajstić information content (AvgIpc) is 3.13. The number of benzene rings is 2. The third-order valence-electron chi connectivity index (χ3n) is 4.47. The second-order valence-corrected chi connectivity index (χ2v) is 7.59. The molecule has 0 bridgehead atoms. The Bertz CT molecular complexity index is 1020. The summed E-state index contributed by atoms with van der Waals surface area (Å²) in [5.74, 6) is 0.174. The van der Waals surface area contributed by atoms with Gasteiger partial charge in [-0.3, -0.25) is 9.36 Å². The second kappa shape index (κ2) is 9.93. The normalized spacial score (nSPS) is 11.7. The maximum atomic E-state index is 12.8. The summed E-state index contributed by atoms with van der Waals surface area (Å²) in [4.78, 5) is 24.5. The third kappa shape index (κ3) is 5.18. The summed E-state index contributed by atoms with van der Waals surface area (Å²) in [5, 5.41) is 11.4. The Balaban J connectivity index is 1.67. The van der Waals surface area contributed by atoms with Crippen LogP contribution in [0.5, 0.6) is 0 Å². The van der Waals surface area contributed by atoms with Crippen LogP contribution in [0.25, 0.3) is 0 Å². The van der Waals surface area contributed by atoms with Crippen molar-refractivity contribution in [3.8, 4) is 0 Å². The summed E-state index contributed by atoms with van der Waals surface area (Å²) in [6.45, 7) is 1.72. The van der Waals surface area contributed by atoms with Gasteiger partial charge in [0.1, 0.15) is 6.04 Å². The lowest BCUT2D eigenvalue weighted by atomic mass is 10.2. The first-order valence-electron chi connectivity index (χ1n) is 9.36. The minimum absolute atomic E-state index is 0.170. The number of nitrogens with zero attached hydrogens (tertiary/aromatic N) is 3. The van der Waals surface area contributed by atoms with Crippen molar-refractivity contribution in [1.82, 2.24) is 14.8 Å². The zero-order valence-electron chi connectivity index (χ0n) is 16.7. The number of hydrogen-bond donors (Lipinski definition) is 2. The van der Waals surface area contributed by atoms with E-state index in [1.54, 1.807) is 35.8 Å². The van der Waals surface area contributed by atoms with Crippen LogP contribution in [-0.4, -0.2) is 39.5 Å². The Labute approximate surface area is 178 Å². The molecule has 1 atom stereocenters. The maximum Gasteiger partial charge on any atom is 0.337 e. The van der Waals surface area contributed by atoms with Crippen LogP contribution in [0.2, 0.25) is 0 Å². The standard InChI is InChI=1S/C21H23N5O3S/c1-14(18(27)23-17-10-6-9-16(13-17)19(28)29-2)26-20(22)24-25-21(26)30-12-11-15-7-4-3-5-8-15/h3-10,13-14H,11-12H2,1-2H3,(H2,22,24)(H,23,27). The number of esters is 1. The van der Waals surface area contributed by atoms with Crippen LogP contribution < -0.4 is 11.1 Å². The van der Waals surface area contributed by atoms with Crippen LogP contribution in [0.1, 0.15) is 28.9 Å². The van der Waals surface area contributed by atoms with Crippen LogP contribution >= 0.6 is 11.8 Å². The lowest BCUT2D eigenvalue weighted by molar-refractivity contribution is -0.118.